The fourth-order valence-electron chi connectivity index (χ4n) is 1.70. The smallest absolute Gasteiger partial charge is 0.118 e. The number of hydrogen-bond donors (Lipinski definition) is 1. The van der Waals surface area contributed by atoms with E-state index in [1.54, 1.807) is 7.11 Å². The minimum Gasteiger partial charge on any atom is -0.497 e. The van der Waals surface area contributed by atoms with E-state index in [4.69, 9.17) is 4.74 Å². The Bertz CT molecular complexity index is 281. The molecule has 0 unspecified atom stereocenters. The summed E-state index contributed by atoms with van der Waals surface area (Å²) in [6, 6.07) is 8.69. The molecule has 0 aliphatic heterocycles. The largest absolute Gasteiger partial charge is 0.497 e. The number of unbranched alkanes of at least 4 members (excludes halogenated alkanes) is 2. The zero-order chi connectivity index (χ0) is 11.8. The van der Waals surface area contributed by atoms with Crippen molar-refractivity contribution in [2.45, 2.75) is 39.2 Å². The molecule has 0 radical (unpaired) electrons. The van der Waals surface area contributed by atoms with Gasteiger partial charge in [0.1, 0.15) is 5.75 Å². The van der Waals surface area contributed by atoms with Crippen LogP contribution in [0.3, 0.4) is 0 Å². The van der Waals surface area contributed by atoms with Crippen molar-refractivity contribution in [1.29, 1.82) is 0 Å². The first-order valence-electron chi connectivity index (χ1n) is 6.15. The molecule has 2 nitrogen and oxygen atoms in total. The van der Waals surface area contributed by atoms with Crippen molar-refractivity contribution in [2.75, 3.05) is 13.7 Å². The Morgan fingerprint density at radius 2 is 1.88 bits per heavy atom. The molecule has 16 heavy (non-hydrogen) atoms. The van der Waals surface area contributed by atoms with Gasteiger partial charge in [0.2, 0.25) is 0 Å². The summed E-state index contributed by atoms with van der Waals surface area (Å²) in [5, 5.41) is 3.53. The minimum atomic E-state index is 0.419. The third kappa shape index (κ3) is 4.23. The van der Waals surface area contributed by atoms with E-state index < -0.39 is 0 Å². The van der Waals surface area contributed by atoms with Gasteiger partial charge in [-0.1, -0.05) is 31.9 Å². The molecule has 1 aromatic rings. The van der Waals surface area contributed by atoms with Gasteiger partial charge < -0.3 is 10.1 Å². The number of methoxy groups -OCH3 is 1. The van der Waals surface area contributed by atoms with Crippen molar-refractivity contribution in [1.82, 2.24) is 5.32 Å². The Morgan fingerprint density at radius 1 is 1.19 bits per heavy atom. The van der Waals surface area contributed by atoms with E-state index >= 15 is 0 Å². The van der Waals surface area contributed by atoms with Crippen LogP contribution in [0.1, 0.15) is 44.7 Å². The van der Waals surface area contributed by atoms with Gasteiger partial charge in [0.25, 0.3) is 0 Å². The number of nitrogens with one attached hydrogen (secondary N) is 1. The van der Waals surface area contributed by atoms with E-state index in [-0.39, 0.29) is 0 Å². The van der Waals surface area contributed by atoms with Crippen molar-refractivity contribution in [3.63, 3.8) is 0 Å². The van der Waals surface area contributed by atoms with Crippen LogP contribution < -0.4 is 10.1 Å². The molecular weight excluding hydrogens is 198 g/mol. The molecule has 0 spiro atoms. The van der Waals surface area contributed by atoms with Crippen molar-refractivity contribution in [3.05, 3.63) is 29.8 Å². The van der Waals surface area contributed by atoms with Crippen molar-refractivity contribution >= 4 is 0 Å². The number of hydrogen-bond acceptors (Lipinski definition) is 2. The Balaban J connectivity index is 2.37. The van der Waals surface area contributed by atoms with Gasteiger partial charge in [0.05, 0.1) is 7.11 Å². The lowest BCUT2D eigenvalue weighted by Crippen LogP contribution is -2.19. The molecule has 0 aliphatic carbocycles. The van der Waals surface area contributed by atoms with Crippen LogP contribution in [0.5, 0.6) is 5.75 Å². The quantitative estimate of drug-likeness (QED) is 0.711. The Kier molecular flexibility index (Phi) is 5.94. The minimum absolute atomic E-state index is 0.419. The highest BCUT2D eigenvalue weighted by molar-refractivity contribution is 5.28. The molecule has 1 aromatic carbocycles. The summed E-state index contributed by atoms with van der Waals surface area (Å²) in [5.74, 6) is 0.918. The number of rotatable bonds is 7. The average Bonchev–Trinajstić information content (AvgIpc) is 2.34. The SMILES string of the molecule is CCCCCN[C@@H](C)c1ccc(OC)cc1. The van der Waals surface area contributed by atoms with Gasteiger partial charge >= 0.3 is 0 Å². The Hall–Kier alpha value is -1.02. The second kappa shape index (κ2) is 7.29. The lowest BCUT2D eigenvalue weighted by Gasteiger charge is -2.14. The lowest BCUT2D eigenvalue weighted by molar-refractivity contribution is 0.414. The Morgan fingerprint density at radius 3 is 2.44 bits per heavy atom. The fourth-order valence-corrected chi connectivity index (χ4v) is 1.70. The standard InChI is InChI=1S/C14H23NO/c1-4-5-6-11-15-12(2)13-7-9-14(16-3)10-8-13/h7-10,12,15H,4-6,11H2,1-3H3/t12-/m0/s1. The van der Waals surface area contributed by atoms with E-state index in [0.29, 0.717) is 6.04 Å². The number of ether oxygens (including phenoxy) is 1. The molecule has 0 fully saturated rings. The molecule has 90 valence electrons. The molecular formula is C14H23NO. The van der Waals surface area contributed by atoms with Crippen LogP contribution in [-0.2, 0) is 0 Å². The Labute approximate surface area is 99.0 Å². The topological polar surface area (TPSA) is 21.3 Å². The van der Waals surface area contributed by atoms with Gasteiger partial charge in [0, 0.05) is 6.04 Å². The van der Waals surface area contributed by atoms with Crippen molar-refractivity contribution < 1.29 is 4.74 Å². The summed E-state index contributed by atoms with van der Waals surface area (Å²) in [6.45, 7) is 5.53. The van der Waals surface area contributed by atoms with E-state index in [1.807, 2.05) is 12.1 Å². The maximum Gasteiger partial charge on any atom is 0.118 e. The third-order valence-corrected chi connectivity index (χ3v) is 2.85. The summed E-state index contributed by atoms with van der Waals surface area (Å²) in [4.78, 5) is 0. The van der Waals surface area contributed by atoms with Crippen LogP contribution in [0.15, 0.2) is 24.3 Å². The molecule has 0 saturated carbocycles. The van der Waals surface area contributed by atoms with Crippen LogP contribution >= 0.6 is 0 Å². The monoisotopic (exact) mass is 221 g/mol. The van der Waals surface area contributed by atoms with Crippen molar-refractivity contribution in [2.24, 2.45) is 0 Å². The van der Waals surface area contributed by atoms with Gasteiger partial charge in [-0.05, 0) is 37.6 Å². The summed E-state index contributed by atoms with van der Waals surface area (Å²) in [5.41, 5.74) is 1.32. The zero-order valence-corrected chi connectivity index (χ0v) is 10.6. The second-order valence-corrected chi connectivity index (χ2v) is 4.16. The van der Waals surface area contributed by atoms with Crippen LogP contribution in [-0.4, -0.2) is 13.7 Å². The predicted octanol–water partition coefficient (Wildman–Crippen LogP) is 3.54. The molecule has 0 aromatic heterocycles. The van der Waals surface area contributed by atoms with Crippen LogP contribution in [0.25, 0.3) is 0 Å². The molecule has 1 atom stereocenters. The molecule has 0 aliphatic rings. The van der Waals surface area contributed by atoms with Gasteiger partial charge in [-0.15, -0.1) is 0 Å². The van der Waals surface area contributed by atoms with Gasteiger partial charge in [-0.2, -0.15) is 0 Å². The van der Waals surface area contributed by atoms with Crippen LogP contribution in [0.4, 0.5) is 0 Å². The summed E-state index contributed by atoms with van der Waals surface area (Å²) < 4.78 is 5.14. The molecule has 0 amide bonds. The van der Waals surface area contributed by atoms with E-state index in [9.17, 15) is 0 Å². The molecule has 0 saturated heterocycles. The van der Waals surface area contributed by atoms with E-state index in [0.717, 1.165) is 12.3 Å². The fraction of sp³-hybridized carbons (Fsp3) is 0.571. The summed E-state index contributed by atoms with van der Waals surface area (Å²) in [7, 11) is 1.70. The molecule has 0 bridgehead atoms. The first-order chi connectivity index (χ1) is 7.77. The maximum atomic E-state index is 5.14. The zero-order valence-electron chi connectivity index (χ0n) is 10.6. The highest BCUT2D eigenvalue weighted by Crippen LogP contribution is 2.17. The highest BCUT2D eigenvalue weighted by atomic mass is 16.5. The number of benzene rings is 1. The maximum absolute atomic E-state index is 5.14. The average molecular weight is 221 g/mol. The normalized spacial score (nSPS) is 12.4. The molecule has 0 heterocycles. The van der Waals surface area contributed by atoms with E-state index in [1.165, 1.54) is 24.8 Å². The summed E-state index contributed by atoms with van der Waals surface area (Å²) >= 11 is 0. The molecule has 1 rings (SSSR count). The van der Waals surface area contributed by atoms with E-state index in [2.05, 4.69) is 31.3 Å². The third-order valence-electron chi connectivity index (χ3n) is 2.85. The second-order valence-electron chi connectivity index (χ2n) is 4.16. The molecule has 2 heteroatoms. The first-order valence-corrected chi connectivity index (χ1v) is 6.15. The first kappa shape index (κ1) is 13.0. The highest BCUT2D eigenvalue weighted by Gasteiger charge is 2.03. The lowest BCUT2D eigenvalue weighted by atomic mass is 10.1. The van der Waals surface area contributed by atoms with Gasteiger partial charge in [-0.25, -0.2) is 0 Å². The predicted molar refractivity (Wildman–Crippen MR) is 68.9 cm³/mol. The molecule has 1 N–H and O–H groups in total. The van der Waals surface area contributed by atoms with Crippen molar-refractivity contribution in [3.8, 4) is 5.75 Å². The van der Waals surface area contributed by atoms with Crippen LogP contribution in [0.2, 0.25) is 0 Å². The van der Waals surface area contributed by atoms with Gasteiger partial charge in [0.15, 0.2) is 0 Å². The van der Waals surface area contributed by atoms with Crippen LogP contribution in [0, 0.1) is 0 Å². The summed E-state index contributed by atoms with van der Waals surface area (Å²) in [6.07, 6.45) is 3.85. The van der Waals surface area contributed by atoms with Gasteiger partial charge in [-0.3, -0.25) is 0 Å².